The zero-order chi connectivity index (χ0) is 14.7. The molecular formula is C14H9ClFIO3. The van der Waals surface area contributed by atoms with E-state index in [9.17, 15) is 9.18 Å². The maximum atomic E-state index is 13.6. The standard InChI is InChI=1S/C14H9ClFIO3/c15-11-2-1-3-12(16)10(11)7-20-13-5-4-8(17)6-9(13)14(18)19/h1-6H,7H2,(H,18,19). The van der Waals surface area contributed by atoms with Crippen molar-refractivity contribution >= 4 is 40.2 Å². The predicted molar refractivity (Wildman–Crippen MR) is 81.9 cm³/mol. The van der Waals surface area contributed by atoms with E-state index < -0.39 is 11.8 Å². The van der Waals surface area contributed by atoms with Crippen LogP contribution in [0, 0.1) is 9.39 Å². The van der Waals surface area contributed by atoms with Gasteiger partial charge in [0.25, 0.3) is 0 Å². The van der Waals surface area contributed by atoms with Gasteiger partial charge in [-0.2, -0.15) is 0 Å². The number of carbonyl (C=O) groups is 1. The highest BCUT2D eigenvalue weighted by Gasteiger charge is 2.14. The van der Waals surface area contributed by atoms with Crippen molar-refractivity contribution in [1.29, 1.82) is 0 Å². The second kappa shape index (κ2) is 6.41. The molecule has 2 aromatic rings. The molecule has 0 aliphatic heterocycles. The molecule has 0 spiro atoms. The largest absolute Gasteiger partial charge is 0.488 e. The molecule has 0 saturated heterocycles. The molecule has 0 unspecified atom stereocenters. The highest BCUT2D eigenvalue weighted by Crippen LogP contribution is 2.25. The Kier molecular flexibility index (Phi) is 4.82. The van der Waals surface area contributed by atoms with Gasteiger partial charge in [-0.3, -0.25) is 0 Å². The van der Waals surface area contributed by atoms with Crippen molar-refractivity contribution in [3.8, 4) is 5.75 Å². The Morgan fingerprint density at radius 3 is 2.75 bits per heavy atom. The van der Waals surface area contributed by atoms with E-state index in [1.807, 2.05) is 22.6 Å². The average Bonchev–Trinajstić information content (AvgIpc) is 2.39. The Labute approximate surface area is 133 Å². The van der Waals surface area contributed by atoms with Crippen molar-refractivity contribution in [2.75, 3.05) is 0 Å². The van der Waals surface area contributed by atoms with Crippen molar-refractivity contribution in [1.82, 2.24) is 0 Å². The number of carboxylic acids is 1. The van der Waals surface area contributed by atoms with Gasteiger partial charge in [0.05, 0.1) is 5.02 Å². The van der Waals surface area contributed by atoms with E-state index >= 15 is 0 Å². The number of benzene rings is 2. The average molecular weight is 407 g/mol. The number of aromatic carboxylic acids is 1. The lowest BCUT2D eigenvalue weighted by Gasteiger charge is -2.11. The van der Waals surface area contributed by atoms with Crippen LogP contribution in [0.5, 0.6) is 5.75 Å². The van der Waals surface area contributed by atoms with Crippen molar-refractivity contribution < 1.29 is 19.0 Å². The van der Waals surface area contributed by atoms with Gasteiger partial charge in [-0.15, -0.1) is 0 Å². The zero-order valence-corrected chi connectivity index (χ0v) is 13.0. The van der Waals surface area contributed by atoms with Crippen LogP contribution in [0.3, 0.4) is 0 Å². The van der Waals surface area contributed by atoms with Gasteiger partial charge in [0.1, 0.15) is 23.7 Å². The third kappa shape index (κ3) is 3.40. The molecule has 6 heteroatoms. The quantitative estimate of drug-likeness (QED) is 0.768. The molecule has 1 N–H and O–H groups in total. The summed E-state index contributed by atoms with van der Waals surface area (Å²) < 4.78 is 19.8. The van der Waals surface area contributed by atoms with Gasteiger partial charge in [0, 0.05) is 9.13 Å². The summed E-state index contributed by atoms with van der Waals surface area (Å²) in [6.45, 7) is -0.133. The lowest BCUT2D eigenvalue weighted by Crippen LogP contribution is -2.05. The summed E-state index contributed by atoms with van der Waals surface area (Å²) in [5.74, 6) is -1.41. The number of hydrogen-bond acceptors (Lipinski definition) is 2. The predicted octanol–water partition coefficient (Wildman–Crippen LogP) is 4.36. The van der Waals surface area contributed by atoms with Crippen molar-refractivity contribution in [2.24, 2.45) is 0 Å². The first-order valence-electron chi connectivity index (χ1n) is 5.57. The van der Waals surface area contributed by atoms with E-state index in [-0.39, 0.29) is 28.5 Å². The second-order valence-electron chi connectivity index (χ2n) is 3.93. The number of halogens is 3. The van der Waals surface area contributed by atoms with E-state index in [1.165, 1.54) is 18.2 Å². The van der Waals surface area contributed by atoms with Crippen molar-refractivity contribution in [3.63, 3.8) is 0 Å². The highest BCUT2D eigenvalue weighted by molar-refractivity contribution is 14.1. The third-order valence-corrected chi connectivity index (χ3v) is 3.63. The monoisotopic (exact) mass is 406 g/mol. The Morgan fingerprint density at radius 2 is 2.10 bits per heavy atom. The molecule has 0 atom stereocenters. The first-order chi connectivity index (χ1) is 9.49. The molecule has 0 aromatic heterocycles. The number of ether oxygens (including phenoxy) is 1. The molecule has 0 fully saturated rings. The molecule has 0 heterocycles. The van der Waals surface area contributed by atoms with E-state index in [2.05, 4.69) is 0 Å². The summed E-state index contributed by atoms with van der Waals surface area (Å²) in [7, 11) is 0. The molecule has 0 aliphatic carbocycles. The van der Waals surface area contributed by atoms with E-state index in [0.717, 1.165) is 3.57 Å². The van der Waals surface area contributed by atoms with Crippen LogP contribution in [0.4, 0.5) is 4.39 Å². The first kappa shape index (κ1) is 15.1. The minimum absolute atomic E-state index is 0.0318. The fourth-order valence-electron chi connectivity index (χ4n) is 1.62. The van der Waals surface area contributed by atoms with Gasteiger partial charge in [0.2, 0.25) is 0 Å². The Morgan fingerprint density at radius 1 is 1.35 bits per heavy atom. The topological polar surface area (TPSA) is 46.5 Å². The summed E-state index contributed by atoms with van der Waals surface area (Å²) >= 11 is 7.89. The number of carboxylic acid groups (broad SMARTS) is 1. The van der Waals surface area contributed by atoms with Crippen LogP contribution in [0.2, 0.25) is 5.02 Å². The Bertz CT molecular complexity index is 641. The van der Waals surface area contributed by atoms with Crippen LogP contribution in [0.1, 0.15) is 15.9 Å². The lowest BCUT2D eigenvalue weighted by molar-refractivity contribution is 0.0691. The Hall–Kier alpha value is -1.34. The van der Waals surface area contributed by atoms with Crippen LogP contribution in [0.15, 0.2) is 36.4 Å². The molecule has 0 amide bonds. The summed E-state index contributed by atoms with van der Waals surface area (Å²) in [5.41, 5.74) is 0.230. The molecule has 104 valence electrons. The summed E-state index contributed by atoms with van der Waals surface area (Å²) in [5, 5.41) is 9.36. The molecular weight excluding hydrogens is 398 g/mol. The molecule has 0 aliphatic rings. The third-order valence-electron chi connectivity index (χ3n) is 2.61. The summed E-state index contributed by atoms with van der Waals surface area (Å²) in [4.78, 5) is 11.1. The minimum Gasteiger partial charge on any atom is -0.488 e. The van der Waals surface area contributed by atoms with E-state index in [4.69, 9.17) is 21.4 Å². The number of hydrogen-bond donors (Lipinski definition) is 1. The van der Waals surface area contributed by atoms with Gasteiger partial charge >= 0.3 is 5.97 Å². The van der Waals surface area contributed by atoms with Gasteiger partial charge in [-0.05, 0) is 52.9 Å². The van der Waals surface area contributed by atoms with Gasteiger partial charge in [-0.25, -0.2) is 9.18 Å². The van der Waals surface area contributed by atoms with Crippen LogP contribution >= 0.6 is 34.2 Å². The lowest BCUT2D eigenvalue weighted by atomic mass is 10.2. The van der Waals surface area contributed by atoms with Crippen LogP contribution in [-0.2, 0) is 6.61 Å². The van der Waals surface area contributed by atoms with Gasteiger partial charge in [-0.1, -0.05) is 17.7 Å². The first-order valence-corrected chi connectivity index (χ1v) is 7.03. The fourth-order valence-corrected chi connectivity index (χ4v) is 2.32. The van der Waals surface area contributed by atoms with Crippen LogP contribution in [-0.4, -0.2) is 11.1 Å². The molecule has 0 radical (unpaired) electrons. The highest BCUT2D eigenvalue weighted by atomic mass is 127. The smallest absolute Gasteiger partial charge is 0.339 e. The molecule has 20 heavy (non-hydrogen) atoms. The minimum atomic E-state index is -1.10. The molecule has 2 rings (SSSR count). The number of rotatable bonds is 4. The SMILES string of the molecule is O=C(O)c1cc(I)ccc1OCc1c(F)cccc1Cl. The molecule has 3 nitrogen and oxygen atoms in total. The van der Waals surface area contributed by atoms with E-state index in [1.54, 1.807) is 18.2 Å². The molecule has 2 aromatic carbocycles. The maximum absolute atomic E-state index is 13.6. The van der Waals surface area contributed by atoms with Crippen LogP contribution in [0.25, 0.3) is 0 Å². The Balaban J connectivity index is 2.25. The fraction of sp³-hybridized carbons (Fsp3) is 0.0714. The van der Waals surface area contributed by atoms with Gasteiger partial charge in [0.15, 0.2) is 0 Å². The normalized spacial score (nSPS) is 10.3. The summed E-state index contributed by atoms with van der Waals surface area (Å²) in [6.07, 6.45) is 0. The summed E-state index contributed by atoms with van der Waals surface area (Å²) in [6, 6.07) is 9.06. The zero-order valence-electron chi connectivity index (χ0n) is 10.1. The molecule has 0 saturated carbocycles. The maximum Gasteiger partial charge on any atom is 0.339 e. The van der Waals surface area contributed by atoms with Crippen molar-refractivity contribution in [2.45, 2.75) is 6.61 Å². The molecule has 0 bridgehead atoms. The van der Waals surface area contributed by atoms with Gasteiger partial charge < -0.3 is 9.84 Å². The van der Waals surface area contributed by atoms with E-state index in [0.29, 0.717) is 0 Å². The second-order valence-corrected chi connectivity index (χ2v) is 5.59. The van der Waals surface area contributed by atoms with Crippen molar-refractivity contribution in [3.05, 3.63) is 61.9 Å². The van der Waals surface area contributed by atoms with Crippen LogP contribution < -0.4 is 4.74 Å².